The number of hydrogen-bond donors (Lipinski definition) is 1. The summed E-state index contributed by atoms with van der Waals surface area (Å²) in [6, 6.07) is 2.84. The van der Waals surface area contributed by atoms with Crippen molar-refractivity contribution < 1.29 is 18.3 Å². The second kappa shape index (κ2) is 4.22. The molecule has 2 aromatic heterocycles. The Labute approximate surface area is 103 Å². The van der Waals surface area contributed by atoms with Crippen LogP contribution >= 0.6 is 0 Å². The molecule has 8 heteroatoms. The van der Waals surface area contributed by atoms with Crippen LogP contribution in [0.5, 0.6) is 0 Å². The number of aromatic nitrogens is 3. The van der Waals surface area contributed by atoms with E-state index in [4.69, 9.17) is 5.11 Å². The normalized spacial score (nSPS) is 11.4. The van der Waals surface area contributed by atoms with Crippen LogP contribution in [-0.4, -0.2) is 40.5 Å². The average Bonchev–Trinajstić information content (AvgIpc) is 2.78. The molecule has 0 spiro atoms. The van der Waals surface area contributed by atoms with Crippen LogP contribution in [0.1, 0.15) is 10.5 Å². The average molecular weight is 267 g/mol. The molecule has 2 heterocycles. The maximum Gasteiger partial charge on any atom is 0.354 e. The van der Waals surface area contributed by atoms with E-state index >= 15 is 0 Å². The van der Waals surface area contributed by atoms with Crippen LogP contribution < -0.4 is 0 Å². The summed E-state index contributed by atoms with van der Waals surface area (Å²) in [6.07, 6.45) is 4.91. The van der Waals surface area contributed by atoms with Crippen LogP contribution in [0.3, 0.4) is 0 Å². The smallest absolute Gasteiger partial charge is 0.354 e. The van der Waals surface area contributed by atoms with Gasteiger partial charge in [-0.1, -0.05) is 0 Å². The van der Waals surface area contributed by atoms with Gasteiger partial charge in [-0.2, -0.15) is 5.10 Å². The van der Waals surface area contributed by atoms with Gasteiger partial charge in [0.15, 0.2) is 9.84 Å². The lowest BCUT2D eigenvalue weighted by Crippen LogP contribution is -2.03. The summed E-state index contributed by atoms with van der Waals surface area (Å²) in [7, 11) is -3.33. The van der Waals surface area contributed by atoms with Gasteiger partial charge >= 0.3 is 5.97 Å². The first-order valence-electron chi connectivity index (χ1n) is 4.82. The predicted molar refractivity (Wildman–Crippen MR) is 61.4 cm³/mol. The first kappa shape index (κ1) is 12.2. The van der Waals surface area contributed by atoms with Gasteiger partial charge in [0.2, 0.25) is 0 Å². The van der Waals surface area contributed by atoms with E-state index in [0.29, 0.717) is 5.69 Å². The van der Waals surface area contributed by atoms with E-state index in [1.807, 2.05) is 0 Å². The Hall–Kier alpha value is -2.22. The van der Waals surface area contributed by atoms with E-state index in [9.17, 15) is 13.2 Å². The minimum atomic E-state index is -3.33. The second-order valence-electron chi connectivity index (χ2n) is 3.60. The number of aromatic carboxylic acids is 1. The fourth-order valence-corrected chi connectivity index (χ4v) is 1.85. The number of rotatable bonds is 3. The Morgan fingerprint density at radius 3 is 2.72 bits per heavy atom. The largest absolute Gasteiger partial charge is 0.477 e. The van der Waals surface area contributed by atoms with Gasteiger partial charge in [0.25, 0.3) is 0 Å². The van der Waals surface area contributed by atoms with Crippen molar-refractivity contribution in [3.05, 3.63) is 36.4 Å². The van der Waals surface area contributed by atoms with Crippen molar-refractivity contribution in [3.8, 4) is 5.69 Å². The summed E-state index contributed by atoms with van der Waals surface area (Å²) < 4.78 is 23.9. The molecule has 0 unspecified atom stereocenters. The summed E-state index contributed by atoms with van der Waals surface area (Å²) in [5, 5.41) is 12.7. The number of sulfone groups is 1. The molecule has 94 valence electrons. The Balaban J connectivity index is 2.46. The summed E-state index contributed by atoms with van der Waals surface area (Å²) >= 11 is 0. The summed E-state index contributed by atoms with van der Waals surface area (Å²) in [4.78, 5) is 14.5. The minimum absolute atomic E-state index is 0.0659. The molecular formula is C10H9N3O4S. The van der Waals surface area contributed by atoms with Gasteiger partial charge in [0.1, 0.15) is 10.6 Å². The summed E-state index contributed by atoms with van der Waals surface area (Å²) in [5.41, 5.74) is 0.293. The highest BCUT2D eigenvalue weighted by Gasteiger charge is 2.12. The summed E-state index contributed by atoms with van der Waals surface area (Å²) in [6.45, 7) is 0. The maximum absolute atomic E-state index is 11.3. The zero-order chi connectivity index (χ0) is 13.3. The molecule has 0 aromatic carbocycles. The zero-order valence-electron chi connectivity index (χ0n) is 9.31. The molecule has 0 bridgehead atoms. The van der Waals surface area contributed by atoms with Crippen molar-refractivity contribution >= 4 is 15.8 Å². The van der Waals surface area contributed by atoms with Crippen molar-refractivity contribution in [3.63, 3.8) is 0 Å². The van der Waals surface area contributed by atoms with Crippen LogP contribution in [-0.2, 0) is 9.84 Å². The Morgan fingerprint density at radius 2 is 2.17 bits per heavy atom. The van der Waals surface area contributed by atoms with Crippen LogP contribution in [0.2, 0.25) is 0 Å². The quantitative estimate of drug-likeness (QED) is 0.861. The number of carbonyl (C=O) groups is 1. The third-order valence-electron chi connectivity index (χ3n) is 2.21. The molecule has 0 aliphatic rings. The Bertz CT molecular complexity index is 705. The van der Waals surface area contributed by atoms with Gasteiger partial charge < -0.3 is 5.11 Å². The summed E-state index contributed by atoms with van der Waals surface area (Å²) in [5.74, 6) is -1.16. The third kappa shape index (κ3) is 2.38. The molecule has 0 aliphatic carbocycles. The van der Waals surface area contributed by atoms with Gasteiger partial charge in [-0.3, -0.25) is 0 Å². The molecule has 0 fully saturated rings. The van der Waals surface area contributed by atoms with Gasteiger partial charge in [-0.05, 0) is 12.1 Å². The van der Waals surface area contributed by atoms with Gasteiger partial charge in [0.05, 0.1) is 11.9 Å². The first-order chi connectivity index (χ1) is 8.38. The highest BCUT2D eigenvalue weighted by molar-refractivity contribution is 7.90. The molecular weight excluding hydrogens is 258 g/mol. The highest BCUT2D eigenvalue weighted by Crippen LogP contribution is 2.12. The second-order valence-corrected chi connectivity index (χ2v) is 5.61. The SMILES string of the molecule is CS(=O)(=O)c1cnn(-c2ccnc(C(=O)O)c2)c1. The van der Waals surface area contributed by atoms with Crippen LogP contribution in [0.25, 0.3) is 5.69 Å². The molecule has 2 rings (SSSR count). The number of nitrogens with zero attached hydrogens (tertiary/aromatic N) is 3. The number of pyridine rings is 1. The lowest BCUT2D eigenvalue weighted by Gasteiger charge is -2.01. The van der Waals surface area contributed by atoms with Crippen LogP contribution in [0.4, 0.5) is 0 Å². The fourth-order valence-electron chi connectivity index (χ4n) is 1.32. The molecule has 0 atom stereocenters. The van der Waals surface area contributed by atoms with E-state index in [2.05, 4.69) is 10.1 Å². The topological polar surface area (TPSA) is 102 Å². The maximum atomic E-state index is 11.3. The van der Waals surface area contributed by atoms with Gasteiger partial charge in [-0.25, -0.2) is 22.9 Å². The lowest BCUT2D eigenvalue weighted by atomic mass is 10.3. The zero-order valence-corrected chi connectivity index (χ0v) is 10.1. The fraction of sp³-hybridized carbons (Fsp3) is 0.100. The molecule has 0 radical (unpaired) electrons. The molecule has 0 aliphatic heterocycles. The van der Waals surface area contributed by atoms with Gasteiger partial charge in [-0.15, -0.1) is 0 Å². The van der Waals surface area contributed by atoms with E-state index in [-0.39, 0.29) is 10.6 Å². The van der Waals surface area contributed by atoms with E-state index in [1.165, 1.54) is 35.4 Å². The van der Waals surface area contributed by atoms with Crippen molar-refractivity contribution in [2.75, 3.05) is 6.26 Å². The van der Waals surface area contributed by atoms with E-state index in [1.54, 1.807) is 0 Å². The Morgan fingerprint density at radius 1 is 1.44 bits per heavy atom. The standard InChI is InChI=1S/C10H9N3O4S/c1-18(16,17)8-5-12-13(6-8)7-2-3-11-9(4-7)10(14)15/h2-6H,1H3,(H,14,15). The molecule has 7 nitrogen and oxygen atoms in total. The van der Waals surface area contributed by atoms with Crippen molar-refractivity contribution in [2.24, 2.45) is 0 Å². The van der Waals surface area contributed by atoms with Crippen molar-refractivity contribution in [1.29, 1.82) is 0 Å². The third-order valence-corrected chi connectivity index (χ3v) is 3.28. The molecule has 0 saturated heterocycles. The van der Waals surface area contributed by atoms with Crippen LogP contribution in [0.15, 0.2) is 35.6 Å². The molecule has 2 aromatic rings. The Kier molecular flexibility index (Phi) is 2.87. The predicted octanol–water partition coefficient (Wildman–Crippen LogP) is 0.369. The molecule has 1 N–H and O–H groups in total. The van der Waals surface area contributed by atoms with E-state index < -0.39 is 15.8 Å². The van der Waals surface area contributed by atoms with Gasteiger partial charge in [0, 0.05) is 18.6 Å². The van der Waals surface area contributed by atoms with Crippen molar-refractivity contribution in [2.45, 2.75) is 4.90 Å². The number of hydrogen-bond acceptors (Lipinski definition) is 5. The molecule has 18 heavy (non-hydrogen) atoms. The first-order valence-corrected chi connectivity index (χ1v) is 6.71. The molecule has 0 amide bonds. The lowest BCUT2D eigenvalue weighted by molar-refractivity contribution is 0.0690. The van der Waals surface area contributed by atoms with Crippen molar-refractivity contribution in [1.82, 2.24) is 14.8 Å². The van der Waals surface area contributed by atoms with E-state index in [0.717, 1.165) is 6.26 Å². The van der Waals surface area contributed by atoms with Crippen LogP contribution in [0, 0.1) is 0 Å². The minimum Gasteiger partial charge on any atom is -0.477 e. The highest BCUT2D eigenvalue weighted by atomic mass is 32.2. The monoisotopic (exact) mass is 267 g/mol. The number of carboxylic acid groups (broad SMARTS) is 1. The molecule has 0 saturated carbocycles. The number of carboxylic acids is 1.